The monoisotopic (exact) mass is 257 g/mol. The Kier molecular flexibility index (Phi) is 4.86. The topological polar surface area (TPSA) is 47.0 Å². The van der Waals surface area contributed by atoms with Crippen molar-refractivity contribution in [3.8, 4) is 11.6 Å². The summed E-state index contributed by atoms with van der Waals surface area (Å²) in [4.78, 5) is 8.39. The van der Waals surface area contributed by atoms with Gasteiger partial charge in [-0.05, 0) is 19.5 Å². The average molecular weight is 257 g/mol. The van der Waals surface area contributed by atoms with Crippen LogP contribution in [0.1, 0.15) is 24.6 Å². The average Bonchev–Trinajstić information content (AvgIpc) is 2.42. The molecular weight excluding hydrogens is 238 g/mol. The molecule has 0 bridgehead atoms. The zero-order valence-electron chi connectivity index (χ0n) is 11.4. The number of hydrogen-bond acceptors (Lipinski definition) is 4. The maximum atomic E-state index is 5.86. The maximum Gasteiger partial charge on any atom is 0.222 e. The molecule has 0 amide bonds. The zero-order valence-corrected chi connectivity index (χ0v) is 11.4. The third-order valence-corrected chi connectivity index (χ3v) is 2.76. The van der Waals surface area contributed by atoms with Crippen LogP contribution in [0.2, 0.25) is 0 Å². The normalized spacial score (nSPS) is 10.4. The molecule has 4 heteroatoms. The van der Waals surface area contributed by atoms with E-state index in [4.69, 9.17) is 4.74 Å². The van der Waals surface area contributed by atoms with Gasteiger partial charge in [0.15, 0.2) is 0 Å². The van der Waals surface area contributed by atoms with Crippen LogP contribution in [-0.2, 0) is 13.0 Å². The summed E-state index contributed by atoms with van der Waals surface area (Å²) in [6, 6.07) is 9.86. The summed E-state index contributed by atoms with van der Waals surface area (Å²) < 4.78 is 5.86. The summed E-state index contributed by atoms with van der Waals surface area (Å²) in [5, 5.41) is 3.13. The van der Waals surface area contributed by atoms with Gasteiger partial charge >= 0.3 is 0 Å². The van der Waals surface area contributed by atoms with Crippen molar-refractivity contribution < 1.29 is 4.74 Å². The fraction of sp³-hybridized carbons (Fsp3) is 0.333. The van der Waals surface area contributed by atoms with Crippen LogP contribution in [0.5, 0.6) is 11.6 Å². The first-order valence-electron chi connectivity index (χ1n) is 6.54. The smallest absolute Gasteiger partial charge is 0.222 e. The van der Waals surface area contributed by atoms with Crippen molar-refractivity contribution in [2.45, 2.75) is 26.3 Å². The van der Waals surface area contributed by atoms with Crippen LogP contribution in [0.4, 0.5) is 0 Å². The molecule has 0 fully saturated rings. The minimum Gasteiger partial charge on any atom is -0.439 e. The first kappa shape index (κ1) is 13.5. The lowest BCUT2D eigenvalue weighted by Gasteiger charge is -2.10. The van der Waals surface area contributed by atoms with E-state index in [0.29, 0.717) is 5.88 Å². The van der Waals surface area contributed by atoms with Gasteiger partial charge < -0.3 is 10.1 Å². The van der Waals surface area contributed by atoms with Gasteiger partial charge in [0.25, 0.3) is 0 Å². The summed E-state index contributed by atoms with van der Waals surface area (Å²) in [5.74, 6) is 1.43. The van der Waals surface area contributed by atoms with Crippen LogP contribution < -0.4 is 10.1 Å². The van der Waals surface area contributed by atoms with E-state index in [0.717, 1.165) is 36.4 Å². The molecular formula is C15H19N3O. The van der Waals surface area contributed by atoms with Crippen LogP contribution in [0.3, 0.4) is 0 Å². The molecule has 0 aliphatic carbocycles. The summed E-state index contributed by atoms with van der Waals surface area (Å²) in [7, 11) is 1.92. The van der Waals surface area contributed by atoms with E-state index >= 15 is 0 Å². The van der Waals surface area contributed by atoms with Gasteiger partial charge in [0.05, 0.1) is 0 Å². The van der Waals surface area contributed by atoms with Gasteiger partial charge in [-0.1, -0.05) is 31.5 Å². The maximum absolute atomic E-state index is 5.86. The number of benzene rings is 1. The highest BCUT2D eigenvalue weighted by molar-refractivity contribution is 5.36. The minimum absolute atomic E-state index is 0.599. The second-order valence-corrected chi connectivity index (χ2v) is 4.34. The number of rotatable bonds is 6. The van der Waals surface area contributed by atoms with E-state index in [2.05, 4.69) is 22.2 Å². The highest BCUT2D eigenvalue weighted by atomic mass is 16.5. The summed E-state index contributed by atoms with van der Waals surface area (Å²) >= 11 is 0. The quantitative estimate of drug-likeness (QED) is 0.864. The van der Waals surface area contributed by atoms with Crippen molar-refractivity contribution in [2.24, 2.45) is 0 Å². The van der Waals surface area contributed by atoms with Crippen LogP contribution in [0, 0.1) is 0 Å². The Balaban J connectivity index is 2.18. The van der Waals surface area contributed by atoms with Gasteiger partial charge in [-0.3, -0.25) is 0 Å². The van der Waals surface area contributed by atoms with E-state index < -0.39 is 0 Å². The molecule has 1 aromatic heterocycles. The van der Waals surface area contributed by atoms with Crippen LogP contribution in [-0.4, -0.2) is 17.0 Å². The standard InChI is InChI=1S/C15H19N3O/c1-3-6-13-9-15(18-11-17-13)19-14-8-5-4-7-12(14)10-16-2/h4-5,7-9,11,16H,3,6,10H2,1-2H3. The van der Waals surface area contributed by atoms with E-state index in [1.54, 1.807) is 6.33 Å². The van der Waals surface area contributed by atoms with Crippen LogP contribution in [0.15, 0.2) is 36.7 Å². The van der Waals surface area contributed by atoms with Crippen molar-refractivity contribution >= 4 is 0 Å². The zero-order chi connectivity index (χ0) is 13.5. The van der Waals surface area contributed by atoms with Gasteiger partial charge in [-0.25, -0.2) is 9.97 Å². The SMILES string of the molecule is CCCc1cc(Oc2ccccc2CNC)ncn1. The Labute approximate surface area is 113 Å². The minimum atomic E-state index is 0.599. The lowest BCUT2D eigenvalue weighted by Crippen LogP contribution is -2.06. The van der Waals surface area contributed by atoms with Gasteiger partial charge in [0.1, 0.15) is 12.1 Å². The summed E-state index contributed by atoms with van der Waals surface area (Å²) in [5.41, 5.74) is 2.12. The molecule has 0 unspecified atom stereocenters. The van der Waals surface area contributed by atoms with Gasteiger partial charge in [-0.15, -0.1) is 0 Å². The third-order valence-electron chi connectivity index (χ3n) is 2.76. The first-order chi connectivity index (χ1) is 9.33. The van der Waals surface area contributed by atoms with Crippen molar-refractivity contribution in [2.75, 3.05) is 7.05 Å². The summed E-state index contributed by atoms with van der Waals surface area (Å²) in [6.07, 6.45) is 3.56. The molecule has 0 atom stereocenters. The predicted octanol–water partition coefficient (Wildman–Crippen LogP) is 2.94. The molecule has 0 spiro atoms. The molecule has 100 valence electrons. The van der Waals surface area contributed by atoms with Crippen LogP contribution >= 0.6 is 0 Å². The lowest BCUT2D eigenvalue weighted by atomic mass is 10.2. The Hall–Kier alpha value is -1.94. The highest BCUT2D eigenvalue weighted by Gasteiger charge is 2.05. The number of aryl methyl sites for hydroxylation is 1. The molecule has 0 saturated carbocycles. The van der Waals surface area contributed by atoms with Crippen molar-refractivity contribution in [3.05, 3.63) is 47.9 Å². The molecule has 1 N–H and O–H groups in total. The van der Waals surface area contributed by atoms with Crippen molar-refractivity contribution in [1.29, 1.82) is 0 Å². The number of nitrogens with zero attached hydrogens (tertiary/aromatic N) is 2. The molecule has 0 radical (unpaired) electrons. The van der Waals surface area contributed by atoms with Gasteiger partial charge in [0.2, 0.25) is 5.88 Å². The number of nitrogens with one attached hydrogen (secondary N) is 1. The molecule has 1 heterocycles. The predicted molar refractivity (Wildman–Crippen MR) is 75.3 cm³/mol. The Morgan fingerprint density at radius 2 is 2.05 bits per heavy atom. The number of para-hydroxylation sites is 1. The van der Waals surface area contributed by atoms with Gasteiger partial charge in [-0.2, -0.15) is 0 Å². The van der Waals surface area contributed by atoms with Crippen molar-refractivity contribution in [1.82, 2.24) is 15.3 Å². The fourth-order valence-corrected chi connectivity index (χ4v) is 1.88. The summed E-state index contributed by atoms with van der Waals surface area (Å²) in [6.45, 7) is 2.90. The molecule has 0 saturated heterocycles. The Bertz CT molecular complexity index is 528. The van der Waals surface area contributed by atoms with E-state index in [1.165, 1.54) is 0 Å². The second-order valence-electron chi connectivity index (χ2n) is 4.34. The molecule has 1 aromatic carbocycles. The largest absolute Gasteiger partial charge is 0.439 e. The molecule has 0 aliphatic rings. The molecule has 2 aromatic rings. The van der Waals surface area contributed by atoms with E-state index in [-0.39, 0.29) is 0 Å². The molecule has 4 nitrogen and oxygen atoms in total. The van der Waals surface area contributed by atoms with Crippen molar-refractivity contribution in [3.63, 3.8) is 0 Å². The number of ether oxygens (including phenoxy) is 1. The number of hydrogen-bond donors (Lipinski definition) is 1. The van der Waals surface area contributed by atoms with E-state index in [9.17, 15) is 0 Å². The number of aromatic nitrogens is 2. The Morgan fingerprint density at radius 1 is 1.21 bits per heavy atom. The third kappa shape index (κ3) is 3.76. The molecule has 0 aliphatic heterocycles. The molecule has 19 heavy (non-hydrogen) atoms. The van der Waals surface area contributed by atoms with E-state index in [1.807, 2.05) is 37.4 Å². The Morgan fingerprint density at radius 3 is 2.84 bits per heavy atom. The van der Waals surface area contributed by atoms with Gasteiger partial charge in [0, 0.05) is 23.9 Å². The molecule has 2 rings (SSSR count). The lowest BCUT2D eigenvalue weighted by molar-refractivity contribution is 0.453. The van der Waals surface area contributed by atoms with Crippen LogP contribution in [0.25, 0.3) is 0 Å². The highest BCUT2D eigenvalue weighted by Crippen LogP contribution is 2.23. The fourth-order valence-electron chi connectivity index (χ4n) is 1.88. The second kappa shape index (κ2) is 6.85. The first-order valence-corrected chi connectivity index (χ1v) is 6.54.